The molecule has 0 aliphatic rings. The van der Waals surface area contributed by atoms with Gasteiger partial charge in [-0.1, -0.05) is 42.5 Å². The highest BCUT2D eigenvalue weighted by atomic mass is 32.1. The maximum Gasteiger partial charge on any atom is 0.348 e. The van der Waals surface area contributed by atoms with Crippen molar-refractivity contribution in [3.8, 4) is 10.4 Å². The second-order valence-corrected chi connectivity index (χ2v) is 7.40. The minimum Gasteiger partial charge on any atom is -0.477 e. The van der Waals surface area contributed by atoms with E-state index in [9.17, 15) is 24.8 Å². The molecule has 3 aromatic rings. The van der Waals surface area contributed by atoms with Crippen molar-refractivity contribution >= 4 is 34.6 Å². The molecule has 29 heavy (non-hydrogen) atoms. The molecule has 0 saturated heterocycles. The third-order valence-corrected chi connectivity index (χ3v) is 5.45. The van der Waals surface area contributed by atoms with Crippen LogP contribution in [0.25, 0.3) is 10.4 Å². The summed E-state index contributed by atoms with van der Waals surface area (Å²) in [5.41, 5.74) is 2.11. The fourth-order valence-corrected chi connectivity index (χ4v) is 3.80. The standard InChI is InChI=1S/C21H18N2O5S/c24-19(8-4-5-14-9-11-16(12-10-14)23(27)28)22-17-13-18(29-20(17)21(25)26)15-6-2-1-3-7-15/h1-3,6-7,9-13H,4-5,8H2,(H,22,24)(H,25,26). The Balaban J connectivity index is 1.60. The first-order chi connectivity index (χ1) is 13.9. The van der Waals surface area contributed by atoms with Gasteiger partial charge in [0.1, 0.15) is 4.88 Å². The molecule has 1 aromatic heterocycles. The summed E-state index contributed by atoms with van der Waals surface area (Å²) in [6.45, 7) is 0. The molecular formula is C21H18N2O5S. The Morgan fingerprint density at radius 2 is 1.76 bits per heavy atom. The van der Waals surface area contributed by atoms with Crippen molar-refractivity contribution in [3.05, 3.63) is 81.2 Å². The number of carboxylic acid groups (broad SMARTS) is 1. The van der Waals surface area contributed by atoms with E-state index in [1.165, 1.54) is 12.1 Å². The van der Waals surface area contributed by atoms with E-state index in [0.29, 0.717) is 18.5 Å². The number of hydrogen-bond acceptors (Lipinski definition) is 5. The third-order valence-electron chi connectivity index (χ3n) is 4.28. The van der Waals surface area contributed by atoms with Gasteiger partial charge in [0.05, 0.1) is 10.6 Å². The van der Waals surface area contributed by atoms with Crippen LogP contribution in [0.15, 0.2) is 60.7 Å². The van der Waals surface area contributed by atoms with E-state index in [2.05, 4.69) is 5.32 Å². The number of carboxylic acids is 1. The van der Waals surface area contributed by atoms with Crippen molar-refractivity contribution in [1.29, 1.82) is 0 Å². The molecule has 0 aliphatic heterocycles. The molecule has 2 aromatic carbocycles. The number of non-ortho nitro benzene ring substituents is 1. The minimum atomic E-state index is -1.08. The average molecular weight is 410 g/mol. The third kappa shape index (κ3) is 5.26. The van der Waals surface area contributed by atoms with Gasteiger partial charge >= 0.3 is 5.97 Å². The van der Waals surface area contributed by atoms with E-state index in [0.717, 1.165) is 27.3 Å². The molecule has 148 valence electrons. The number of aromatic carboxylic acids is 1. The number of nitro benzene ring substituents is 1. The number of nitrogens with one attached hydrogen (secondary N) is 1. The van der Waals surface area contributed by atoms with Gasteiger partial charge in [-0.3, -0.25) is 14.9 Å². The summed E-state index contributed by atoms with van der Waals surface area (Å²) in [6.07, 6.45) is 1.35. The van der Waals surface area contributed by atoms with Gasteiger partial charge in [-0.2, -0.15) is 0 Å². The lowest BCUT2D eigenvalue weighted by molar-refractivity contribution is -0.384. The van der Waals surface area contributed by atoms with Crippen molar-refractivity contribution in [3.63, 3.8) is 0 Å². The van der Waals surface area contributed by atoms with Crippen LogP contribution in [0.2, 0.25) is 0 Å². The molecule has 1 heterocycles. The number of nitrogens with zero attached hydrogens (tertiary/aromatic N) is 1. The first kappa shape index (κ1) is 20.2. The summed E-state index contributed by atoms with van der Waals surface area (Å²) >= 11 is 1.12. The fraction of sp³-hybridized carbons (Fsp3) is 0.143. The van der Waals surface area contributed by atoms with Crippen LogP contribution in [0, 0.1) is 10.1 Å². The van der Waals surface area contributed by atoms with Gasteiger partial charge in [-0.05, 0) is 30.0 Å². The number of aryl methyl sites for hydroxylation is 1. The predicted molar refractivity (Wildman–Crippen MR) is 111 cm³/mol. The predicted octanol–water partition coefficient (Wildman–Crippen LogP) is 4.98. The Bertz CT molecular complexity index is 1030. The van der Waals surface area contributed by atoms with E-state index in [4.69, 9.17) is 0 Å². The molecular weight excluding hydrogens is 392 g/mol. The van der Waals surface area contributed by atoms with E-state index in [-0.39, 0.29) is 22.9 Å². The zero-order chi connectivity index (χ0) is 20.8. The number of benzene rings is 2. The Morgan fingerprint density at radius 3 is 2.38 bits per heavy atom. The minimum absolute atomic E-state index is 0.0272. The Labute approximate surface area is 170 Å². The van der Waals surface area contributed by atoms with Gasteiger partial charge in [0.25, 0.3) is 5.69 Å². The molecule has 0 atom stereocenters. The van der Waals surface area contributed by atoms with Gasteiger partial charge < -0.3 is 10.4 Å². The summed E-state index contributed by atoms with van der Waals surface area (Å²) < 4.78 is 0. The van der Waals surface area contributed by atoms with Crippen LogP contribution >= 0.6 is 11.3 Å². The lowest BCUT2D eigenvalue weighted by Crippen LogP contribution is -2.13. The van der Waals surface area contributed by atoms with Crippen LogP contribution in [0.1, 0.15) is 28.1 Å². The van der Waals surface area contributed by atoms with E-state index >= 15 is 0 Å². The topological polar surface area (TPSA) is 110 Å². The number of amides is 1. The number of nitro groups is 1. The fourth-order valence-electron chi connectivity index (χ4n) is 2.84. The van der Waals surface area contributed by atoms with Gasteiger partial charge in [-0.25, -0.2) is 4.79 Å². The van der Waals surface area contributed by atoms with Gasteiger partial charge in [0, 0.05) is 23.4 Å². The van der Waals surface area contributed by atoms with Gasteiger partial charge in [-0.15, -0.1) is 11.3 Å². The molecule has 0 aliphatic carbocycles. The summed E-state index contributed by atoms with van der Waals surface area (Å²) in [5, 5.41) is 22.8. The largest absolute Gasteiger partial charge is 0.477 e. The molecule has 0 saturated carbocycles. The lowest BCUT2D eigenvalue weighted by atomic mass is 10.1. The van der Waals surface area contributed by atoms with Crippen LogP contribution in [0.3, 0.4) is 0 Å². The average Bonchev–Trinajstić information content (AvgIpc) is 3.13. The zero-order valence-corrected chi connectivity index (χ0v) is 16.1. The van der Waals surface area contributed by atoms with Crippen molar-refractivity contribution in [2.45, 2.75) is 19.3 Å². The second-order valence-electron chi connectivity index (χ2n) is 6.35. The molecule has 0 spiro atoms. The highest BCUT2D eigenvalue weighted by Crippen LogP contribution is 2.35. The summed E-state index contributed by atoms with van der Waals surface area (Å²) in [4.78, 5) is 34.9. The molecule has 0 unspecified atom stereocenters. The number of anilines is 1. The summed E-state index contributed by atoms with van der Waals surface area (Å²) in [6, 6.07) is 17.3. The van der Waals surface area contributed by atoms with Crippen molar-refractivity contribution < 1.29 is 19.6 Å². The molecule has 8 heteroatoms. The number of thiophene rings is 1. The quantitative estimate of drug-likeness (QED) is 0.402. The van der Waals surface area contributed by atoms with Crippen LogP contribution in [0.4, 0.5) is 11.4 Å². The lowest BCUT2D eigenvalue weighted by Gasteiger charge is -2.05. The first-order valence-corrected chi connectivity index (χ1v) is 9.71. The highest BCUT2D eigenvalue weighted by Gasteiger charge is 2.18. The summed E-state index contributed by atoms with van der Waals surface area (Å²) in [5.74, 6) is -1.36. The molecule has 7 nitrogen and oxygen atoms in total. The Kier molecular flexibility index (Phi) is 6.36. The molecule has 0 fully saturated rings. The molecule has 3 rings (SSSR count). The summed E-state index contributed by atoms with van der Waals surface area (Å²) in [7, 11) is 0. The monoisotopic (exact) mass is 410 g/mol. The highest BCUT2D eigenvalue weighted by molar-refractivity contribution is 7.18. The van der Waals surface area contributed by atoms with E-state index in [1.54, 1.807) is 18.2 Å². The van der Waals surface area contributed by atoms with Gasteiger partial charge in [0.2, 0.25) is 5.91 Å². The van der Waals surface area contributed by atoms with Crippen molar-refractivity contribution in [2.24, 2.45) is 0 Å². The van der Waals surface area contributed by atoms with Crippen LogP contribution in [0.5, 0.6) is 0 Å². The molecule has 1 amide bonds. The van der Waals surface area contributed by atoms with Crippen molar-refractivity contribution in [1.82, 2.24) is 0 Å². The first-order valence-electron chi connectivity index (χ1n) is 8.90. The number of carbonyl (C=O) groups excluding carboxylic acids is 1. The van der Waals surface area contributed by atoms with Crippen LogP contribution < -0.4 is 5.32 Å². The number of carbonyl (C=O) groups is 2. The number of hydrogen-bond donors (Lipinski definition) is 2. The zero-order valence-electron chi connectivity index (χ0n) is 15.3. The maximum absolute atomic E-state index is 12.3. The molecule has 0 radical (unpaired) electrons. The Morgan fingerprint density at radius 1 is 1.07 bits per heavy atom. The van der Waals surface area contributed by atoms with Crippen LogP contribution in [-0.4, -0.2) is 21.9 Å². The number of rotatable bonds is 8. The molecule has 2 N–H and O–H groups in total. The van der Waals surface area contributed by atoms with Crippen LogP contribution in [-0.2, 0) is 11.2 Å². The van der Waals surface area contributed by atoms with Crippen molar-refractivity contribution in [2.75, 3.05) is 5.32 Å². The van der Waals surface area contributed by atoms with E-state index in [1.807, 2.05) is 30.3 Å². The SMILES string of the molecule is O=C(CCCc1ccc([N+](=O)[O-])cc1)Nc1cc(-c2ccccc2)sc1C(=O)O. The Hall–Kier alpha value is -3.52. The van der Waals surface area contributed by atoms with E-state index < -0.39 is 10.9 Å². The smallest absolute Gasteiger partial charge is 0.348 e. The normalized spacial score (nSPS) is 10.5. The maximum atomic E-state index is 12.3. The second kappa shape index (κ2) is 9.11. The van der Waals surface area contributed by atoms with Gasteiger partial charge in [0.15, 0.2) is 0 Å². The molecule has 0 bridgehead atoms.